The number of hydrogen-bond acceptors (Lipinski definition) is 12. The van der Waals surface area contributed by atoms with E-state index in [1.165, 1.54) is 7.05 Å². The highest BCUT2D eigenvalue weighted by molar-refractivity contribution is 6.12. The lowest BCUT2D eigenvalue weighted by atomic mass is 10.0. The molecule has 0 spiro atoms. The van der Waals surface area contributed by atoms with E-state index in [-0.39, 0.29) is 29.5 Å². The number of nitrogens with two attached hydrogens (primary N) is 1. The van der Waals surface area contributed by atoms with Gasteiger partial charge in [0.1, 0.15) is 0 Å². The number of nitrogens with one attached hydrogen (secondary N) is 2. The molecular weight excluding hydrogens is 537 g/mol. The lowest BCUT2D eigenvalue weighted by molar-refractivity contribution is -0.440. The Hall–Kier alpha value is -3.93. The molecule has 0 bridgehead atoms. The van der Waals surface area contributed by atoms with Gasteiger partial charge in [0.05, 0.1) is 17.9 Å². The van der Waals surface area contributed by atoms with Crippen LogP contribution in [0.4, 0.5) is 11.5 Å². The topological polar surface area (TPSA) is 235 Å². The van der Waals surface area contributed by atoms with E-state index >= 15 is 0 Å². The van der Waals surface area contributed by atoms with Crippen molar-refractivity contribution < 1.29 is 39.9 Å². The number of aromatic nitrogens is 2. The van der Waals surface area contributed by atoms with E-state index < -0.39 is 36.2 Å². The third kappa shape index (κ3) is 10.2. The summed E-state index contributed by atoms with van der Waals surface area (Å²) in [6.07, 6.45) is -0.731. The first-order valence-corrected chi connectivity index (χ1v) is 12.4. The Kier molecular flexibility index (Phi) is 11.5. The fourth-order valence-electron chi connectivity index (χ4n) is 3.65. The second-order valence-electron chi connectivity index (χ2n) is 9.09. The van der Waals surface area contributed by atoms with Crippen molar-refractivity contribution in [2.24, 2.45) is 5.73 Å². The van der Waals surface area contributed by atoms with E-state index in [1.807, 2.05) is 19.1 Å². The Morgan fingerprint density at radius 3 is 2.41 bits per heavy atom. The zero-order valence-electron chi connectivity index (χ0n) is 22.9. The van der Waals surface area contributed by atoms with Gasteiger partial charge in [0, 0.05) is 31.9 Å². The fraction of sp³-hybridized carbons (Fsp3) is 0.400. The number of aliphatic hydroxyl groups is 5. The standard InChI is InChI=1S/C25H34BN7O8/c1-4-18-15(2)29-23(21(31-18)22(27)36)30-17-8-5-7-16(13-17)10-11-28-19(34)14-32(3)20(35)9-6-12-33(24(26,37)38)25(39,40)41/h5-9,13,37-41H,4,10-12,14H2,1-3H3,(H2,27,36)(H,28,34)(H,29,30)/b9-6+. The summed E-state index contributed by atoms with van der Waals surface area (Å²) in [6.45, 7) is 2.90. The molecule has 0 saturated carbocycles. The molecular formula is C25H34BN7O8. The first kappa shape index (κ1) is 33.3. The Labute approximate surface area is 237 Å². The number of rotatable bonds is 14. The van der Waals surface area contributed by atoms with Gasteiger partial charge >= 0.3 is 6.10 Å². The summed E-state index contributed by atoms with van der Waals surface area (Å²) in [7, 11) is 6.27. The fourth-order valence-corrected chi connectivity index (χ4v) is 3.65. The van der Waals surface area contributed by atoms with Crippen molar-refractivity contribution in [2.45, 2.75) is 38.6 Å². The van der Waals surface area contributed by atoms with Crippen molar-refractivity contribution in [3.63, 3.8) is 0 Å². The van der Waals surface area contributed by atoms with Crippen molar-refractivity contribution in [3.05, 3.63) is 59.1 Å². The van der Waals surface area contributed by atoms with Crippen LogP contribution in [0.15, 0.2) is 36.4 Å². The molecule has 2 rings (SSSR count). The summed E-state index contributed by atoms with van der Waals surface area (Å²) in [5.74, 6) is -4.88. The van der Waals surface area contributed by atoms with E-state index in [0.29, 0.717) is 29.9 Å². The number of hydrogen-bond donors (Lipinski definition) is 8. The van der Waals surface area contributed by atoms with Crippen LogP contribution in [0.25, 0.3) is 0 Å². The van der Waals surface area contributed by atoms with Gasteiger partial charge in [-0.2, -0.15) is 4.90 Å². The molecule has 0 fully saturated rings. The Morgan fingerprint density at radius 1 is 1.15 bits per heavy atom. The smallest absolute Gasteiger partial charge is 0.349 e. The molecule has 2 aromatic rings. The molecule has 0 aliphatic rings. The van der Waals surface area contributed by atoms with Crippen LogP contribution in [0.2, 0.25) is 0 Å². The van der Waals surface area contributed by atoms with Crippen LogP contribution in [0, 0.1) is 6.92 Å². The quantitative estimate of drug-likeness (QED) is 0.0669. The monoisotopic (exact) mass is 571 g/mol. The first-order chi connectivity index (χ1) is 19.0. The molecule has 0 unspecified atom stereocenters. The van der Waals surface area contributed by atoms with Gasteiger partial charge in [0.2, 0.25) is 11.8 Å². The molecule has 41 heavy (non-hydrogen) atoms. The highest BCUT2D eigenvalue weighted by Gasteiger charge is 2.39. The molecule has 220 valence electrons. The predicted molar refractivity (Wildman–Crippen MR) is 147 cm³/mol. The molecule has 2 radical (unpaired) electrons. The Morgan fingerprint density at radius 2 is 1.83 bits per heavy atom. The second-order valence-corrected chi connectivity index (χ2v) is 9.09. The van der Waals surface area contributed by atoms with Crippen LogP contribution in [0.5, 0.6) is 0 Å². The average Bonchev–Trinajstić information content (AvgIpc) is 2.85. The number of aryl methyl sites for hydroxylation is 2. The zero-order chi connectivity index (χ0) is 31.0. The van der Waals surface area contributed by atoms with Gasteiger partial charge in [-0.25, -0.2) is 9.97 Å². The summed E-state index contributed by atoms with van der Waals surface area (Å²) in [4.78, 5) is 46.1. The molecule has 16 heteroatoms. The van der Waals surface area contributed by atoms with Gasteiger partial charge in [-0.15, -0.1) is 0 Å². The molecule has 3 amide bonds. The third-order valence-corrected chi connectivity index (χ3v) is 5.73. The summed E-state index contributed by atoms with van der Waals surface area (Å²) in [5.41, 5.74) is 8.37. The molecule has 0 aliphatic carbocycles. The average molecular weight is 571 g/mol. The maximum Gasteiger partial charge on any atom is 0.349 e. The minimum Gasteiger partial charge on any atom is -0.364 e. The Balaban J connectivity index is 1.90. The molecule has 1 heterocycles. The van der Waals surface area contributed by atoms with E-state index in [0.717, 1.165) is 22.6 Å². The molecule has 0 saturated heterocycles. The molecule has 15 nitrogen and oxygen atoms in total. The first-order valence-electron chi connectivity index (χ1n) is 12.4. The van der Waals surface area contributed by atoms with Crippen LogP contribution in [-0.4, -0.2) is 109 Å². The highest BCUT2D eigenvalue weighted by atomic mass is 16.7. The second kappa shape index (κ2) is 14.1. The number of carbonyl (C=O) groups excluding carboxylic acids is 3. The number of anilines is 2. The van der Waals surface area contributed by atoms with E-state index in [1.54, 1.807) is 19.1 Å². The van der Waals surface area contributed by atoms with Gasteiger partial charge < -0.3 is 46.8 Å². The largest absolute Gasteiger partial charge is 0.364 e. The van der Waals surface area contributed by atoms with Crippen molar-refractivity contribution in [1.82, 2.24) is 25.1 Å². The third-order valence-electron chi connectivity index (χ3n) is 5.73. The Bertz CT molecular complexity index is 1260. The van der Waals surface area contributed by atoms with Crippen LogP contribution in [0.1, 0.15) is 34.4 Å². The number of benzene rings is 1. The number of amides is 3. The van der Waals surface area contributed by atoms with E-state index in [4.69, 9.17) is 28.9 Å². The van der Waals surface area contributed by atoms with Crippen molar-refractivity contribution in [2.75, 3.05) is 32.0 Å². The van der Waals surface area contributed by atoms with Gasteiger partial charge in [0.15, 0.2) is 25.2 Å². The zero-order valence-corrected chi connectivity index (χ0v) is 22.9. The van der Waals surface area contributed by atoms with Crippen molar-refractivity contribution in [3.8, 4) is 0 Å². The lowest BCUT2D eigenvalue weighted by Crippen LogP contribution is -2.61. The summed E-state index contributed by atoms with van der Waals surface area (Å²) in [5, 5.41) is 51.8. The number of carbonyl (C=O) groups is 3. The van der Waals surface area contributed by atoms with Gasteiger partial charge in [-0.1, -0.05) is 25.1 Å². The van der Waals surface area contributed by atoms with Crippen LogP contribution in [-0.2, 0) is 22.4 Å². The molecule has 1 aromatic heterocycles. The maximum absolute atomic E-state index is 12.3. The normalized spacial score (nSPS) is 12.0. The van der Waals surface area contributed by atoms with Crippen molar-refractivity contribution >= 4 is 37.1 Å². The number of likely N-dealkylation sites (N-methyl/N-ethyl adjacent to an activating group) is 1. The summed E-state index contributed by atoms with van der Waals surface area (Å²) >= 11 is 0. The molecule has 0 aliphatic heterocycles. The van der Waals surface area contributed by atoms with E-state index in [9.17, 15) is 24.6 Å². The predicted octanol–water partition coefficient (Wildman–Crippen LogP) is -2.48. The van der Waals surface area contributed by atoms with Crippen LogP contribution < -0.4 is 16.4 Å². The lowest BCUT2D eigenvalue weighted by Gasteiger charge is -2.37. The SMILES string of the molecule is [B]C(O)(O)N(C/C=C/C(=O)N(C)CC(=O)NCCc1cccc(Nc2nc(C)c(CC)nc2C(N)=O)c1)C(O)(O)O. The number of primary amides is 1. The highest BCUT2D eigenvalue weighted by Crippen LogP contribution is 2.21. The van der Waals surface area contributed by atoms with Gasteiger partial charge in [-0.3, -0.25) is 14.4 Å². The maximum atomic E-state index is 12.3. The summed E-state index contributed by atoms with van der Waals surface area (Å²) in [6, 6.07) is 7.24. The number of nitrogens with zero attached hydrogens (tertiary/aromatic N) is 4. The van der Waals surface area contributed by atoms with Crippen molar-refractivity contribution in [1.29, 1.82) is 0 Å². The molecule has 9 N–H and O–H groups in total. The molecule has 1 aromatic carbocycles. The van der Waals surface area contributed by atoms with Crippen LogP contribution in [0.3, 0.4) is 0 Å². The molecule has 0 atom stereocenters. The minimum atomic E-state index is -3.67. The minimum absolute atomic E-state index is 0.0357. The van der Waals surface area contributed by atoms with Gasteiger partial charge in [-0.05, 0) is 37.5 Å². The summed E-state index contributed by atoms with van der Waals surface area (Å²) < 4.78 is 0. The van der Waals surface area contributed by atoms with E-state index in [2.05, 4.69) is 20.6 Å². The van der Waals surface area contributed by atoms with Gasteiger partial charge in [0.25, 0.3) is 5.91 Å². The van der Waals surface area contributed by atoms with Crippen LogP contribution >= 0.6 is 0 Å².